The number of fused-ring (bicyclic) bond motifs is 1. The summed E-state index contributed by atoms with van der Waals surface area (Å²) in [5, 5.41) is 10.0. The number of pyridine rings is 2. The Morgan fingerprint density at radius 2 is 1.78 bits per heavy atom. The van der Waals surface area contributed by atoms with Crippen LogP contribution in [-0.2, 0) is 11.3 Å². The van der Waals surface area contributed by atoms with E-state index in [-0.39, 0.29) is 5.69 Å². The van der Waals surface area contributed by atoms with Crippen molar-refractivity contribution in [1.29, 1.82) is 0 Å². The van der Waals surface area contributed by atoms with Crippen LogP contribution in [0.1, 0.15) is 21.6 Å². The van der Waals surface area contributed by atoms with E-state index >= 15 is 0 Å². The molecule has 7 nitrogen and oxygen atoms in total. The van der Waals surface area contributed by atoms with Gasteiger partial charge in [0, 0.05) is 28.9 Å². The minimum atomic E-state index is -2.68. The normalized spacial score (nSPS) is 11.4. The quantitative estimate of drug-likeness (QED) is 0.357. The zero-order valence-electron chi connectivity index (χ0n) is 16.2. The Hall–Kier alpha value is -3.77. The summed E-state index contributed by atoms with van der Waals surface area (Å²) in [6.45, 7) is 0. The van der Waals surface area contributed by atoms with Gasteiger partial charge in [0.2, 0.25) is 0 Å². The van der Waals surface area contributed by atoms with E-state index in [0.717, 1.165) is 4.31 Å². The van der Waals surface area contributed by atoms with Gasteiger partial charge in [-0.25, -0.2) is 9.78 Å². The third kappa shape index (κ3) is 4.31. The van der Waals surface area contributed by atoms with Gasteiger partial charge in [-0.15, -0.1) is 0 Å². The molecule has 0 aliphatic carbocycles. The second-order valence-corrected chi connectivity index (χ2v) is 7.69. The minimum Gasteiger partial charge on any atom is -0.755 e. The number of hydrogen-bond acceptors (Lipinski definition) is 5. The Balaban J connectivity index is 1.81. The zero-order chi connectivity index (χ0) is 22.7. The molecule has 2 aromatic carbocycles. The van der Waals surface area contributed by atoms with Crippen molar-refractivity contribution in [2.45, 2.75) is 0 Å². The van der Waals surface area contributed by atoms with Crippen molar-refractivity contribution in [3.63, 3.8) is 0 Å². The molecule has 1 N–H and O–H groups in total. The Morgan fingerprint density at radius 3 is 2.50 bits per heavy atom. The van der Waals surface area contributed by atoms with Crippen molar-refractivity contribution >= 4 is 51.1 Å². The summed E-state index contributed by atoms with van der Waals surface area (Å²) in [6, 6.07) is 16.4. The van der Waals surface area contributed by atoms with E-state index in [9.17, 15) is 13.6 Å². The Bertz CT molecular complexity index is 1410. The van der Waals surface area contributed by atoms with Gasteiger partial charge in [0.1, 0.15) is 5.69 Å². The molecule has 0 saturated carbocycles. The molecule has 0 amide bonds. The van der Waals surface area contributed by atoms with Gasteiger partial charge in [-0.2, -0.15) is 0 Å². The molecule has 9 heteroatoms. The van der Waals surface area contributed by atoms with Gasteiger partial charge in [0.25, 0.3) is 0 Å². The van der Waals surface area contributed by atoms with Gasteiger partial charge >= 0.3 is 5.97 Å². The second kappa shape index (κ2) is 9.16. The second-order valence-electron chi connectivity index (χ2n) is 6.48. The number of anilines is 2. The van der Waals surface area contributed by atoms with Crippen molar-refractivity contribution in [2.24, 2.45) is 0 Å². The van der Waals surface area contributed by atoms with Crippen LogP contribution in [0.25, 0.3) is 10.9 Å². The summed E-state index contributed by atoms with van der Waals surface area (Å²) >= 11 is 3.58. The maximum atomic E-state index is 12.3. The molecule has 0 fully saturated rings. The number of carboxylic acid groups (broad SMARTS) is 1. The summed E-state index contributed by atoms with van der Waals surface area (Å²) in [5.74, 6) is 4.70. The van der Waals surface area contributed by atoms with Gasteiger partial charge in [-0.05, 0) is 36.4 Å². The summed E-state index contributed by atoms with van der Waals surface area (Å²) in [5.41, 5.74) is 1.93. The van der Waals surface area contributed by atoms with Crippen molar-refractivity contribution in [3.05, 3.63) is 94.9 Å². The maximum Gasteiger partial charge on any atom is 0.354 e. The average Bonchev–Trinajstić information content (AvgIpc) is 2.79. The molecule has 4 rings (SSSR count). The number of hydrogen-bond donors (Lipinski definition) is 1. The van der Waals surface area contributed by atoms with Crippen LogP contribution in [-0.4, -0.2) is 29.8 Å². The van der Waals surface area contributed by atoms with Gasteiger partial charge < -0.3 is 9.66 Å². The van der Waals surface area contributed by atoms with Gasteiger partial charge in [0.05, 0.1) is 33.2 Å². The number of halogens is 1. The first-order chi connectivity index (χ1) is 15.5. The van der Waals surface area contributed by atoms with Gasteiger partial charge in [0.15, 0.2) is 0 Å². The summed E-state index contributed by atoms with van der Waals surface area (Å²) in [6.07, 6.45) is 2.86. The molecule has 2 heterocycles. The predicted molar refractivity (Wildman–Crippen MR) is 121 cm³/mol. The molecule has 158 valence electrons. The third-order valence-electron chi connectivity index (χ3n) is 4.51. The molecule has 0 radical (unpaired) electrons. The molecule has 2 aromatic heterocycles. The van der Waals surface area contributed by atoms with Crippen LogP contribution in [0.15, 0.2) is 73.1 Å². The van der Waals surface area contributed by atoms with E-state index < -0.39 is 17.2 Å². The monoisotopic (exact) mass is 462 g/mol. The fraction of sp³-hybridized carbons (Fsp3) is 0. The van der Waals surface area contributed by atoms with Crippen LogP contribution in [0.4, 0.5) is 11.4 Å². The molecule has 32 heavy (non-hydrogen) atoms. The number of para-hydroxylation sites is 2. The number of carbonyl (C=O) groups is 1. The molecular formula is C23H13ClN3O4S-. The van der Waals surface area contributed by atoms with Crippen molar-refractivity contribution in [1.82, 2.24) is 9.97 Å². The van der Waals surface area contributed by atoms with Crippen LogP contribution >= 0.6 is 11.6 Å². The SMILES string of the molecule is O=C(O)c1ccc(C#Cc2ccccc2N(c2cccc3c(Cl)ccnc23)S(=O)[O-])cn1. The van der Waals surface area contributed by atoms with Crippen molar-refractivity contribution < 1.29 is 18.7 Å². The van der Waals surface area contributed by atoms with E-state index in [4.69, 9.17) is 16.7 Å². The van der Waals surface area contributed by atoms with E-state index in [0.29, 0.717) is 38.4 Å². The van der Waals surface area contributed by atoms with E-state index in [2.05, 4.69) is 21.8 Å². The Morgan fingerprint density at radius 1 is 1.00 bits per heavy atom. The first-order valence-corrected chi connectivity index (χ1v) is 10.6. The van der Waals surface area contributed by atoms with Crippen molar-refractivity contribution in [2.75, 3.05) is 4.31 Å². The standard InChI is InChI=1S/C23H14ClN3O4S/c24-18-12-13-25-22-17(18)5-3-7-21(22)27(32(30)31)20-6-2-1-4-16(20)10-8-15-9-11-19(23(28)29)26-14-15/h1-7,9,11-14H,(H,28,29)(H,30,31)/p-1. The molecule has 0 saturated heterocycles. The molecule has 0 spiro atoms. The highest BCUT2D eigenvalue weighted by atomic mass is 35.5. The first kappa shape index (κ1) is 21.5. The van der Waals surface area contributed by atoms with Crippen LogP contribution in [0.5, 0.6) is 0 Å². The number of aromatic nitrogens is 2. The van der Waals surface area contributed by atoms with Crippen LogP contribution < -0.4 is 4.31 Å². The molecule has 0 aliphatic heterocycles. The average molecular weight is 463 g/mol. The lowest BCUT2D eigenvalue weighted by Crippen LogP contribution is -2.21. The van der Waals surface area contributed by atoms with Crippen LogP contribution in [0, 0.1) is 11.8 Å². The lowest BCUT2D eigenvalue weighted by atomic mass is 10.1. The molecule has 1 unspecified atom stereocenters. The molecule has 1 atom stereocenters. The zero-order valence-corrected chi connectivity index (χ0v) is 17.8. The largest absolute Gasteiger partial charge is 0.755 e. The number of rotatable bonds is 4. The van der Waals surface area contributed by atoms with E-state index in [1.807, 2.05) is 0 Å². The number of nitrogens with zero attached hydrogens (tertiary/aromatic N) is 3. The Labute approximate surface area is 190 Å². The lowest BCUT2D eigenvalue weighted by molar-refractivity contribution is 0.0690. The van der Waals surface area contributed by atoms with Gasteiger partial charge in [-0.3, -0.25) is 13.5 Å². The molecule has 0 bridgehead atoms. The fourth-order valence-electron chi connectivity index (χ4n) is 3.07. The van der Waals surface area contributed by atoms with E-state index in [1.54, 1.807) is 48.5 Å². The first-order valence-electron chi connectivity index (χ1n) is 9.19. The molecule has 0 aliphatic rings. The number of carboxylic acids is 1. The third-order valence-corrected chi connectivity index (χ3v) is 5.53. The predicted octanol–water partition coefficient (Wildman–Crippen LogP) is 4.31. The van der Waals surface area contributed by atoms with Crippen molar-refractivity contribution in [3.8, 4) is 11.8 Å². The smallest absolute Gasteiger partial charge is 0.354 e. The Kier molecular flexibility index (Phi) is 6.14. The summed E-state index contributed by atoms with van der Waals surface area (Å²) in [7, 11) is 0. The molecular weight excluding hydrogens is 450 g/mol. The van der Waals surface area contributed by atoms with Gasteiger partial charge in [-0.1, -0.05) is 47.7 Å². The molecule has 4 aromatic rings. The maximum absolute atomic E-state index is 12.3. The summed E-state index contributed by atoms with van der Waals surface area (Å²) < 4.78 is 25.7. The summed E-state index contributed by atoms with van der Waals surface area (Å²) in [4.78, 5) is 19.1. The number of benzene rings is 2. The minimum absolute atomic E-state index is 0.0917. The highest BCUT2D eigenvalue weighted by Gasteiger charge is 2.17. The van der Waals surface area contributed by atoms with Crippen LogP contribution in [0.2, 0.25) is 5.02 Å². The fourth-order valence-corrected chi connectivity index (χ4v) is 3.91. The van der Waals surface area contributed by atoms with Crippen LogP contribution in [0.3, 0.4) is 0 Å². The lowest BCUT2D eigenvalue weighted by Gasteiger charge is -2.28. The number of aromatic carboxylic acids is 1. The highest BCUT2D eigenvalue weighted by Crippen LogP contribution is 2.35. The van der Waals surface area contributed by atoms with E-state index in [1.165, 1.54) is 24.5 Å². The highest BCUT2D eigenvalue weighted by molar-refractivity contribution is 7.81. The topological polar surface area (TPSA) is 106 Å².